The number of carbonyl (C=O) groups is 2. The largest absolute Gasteiger partial charge is 0.444 e. The van der Waals surface area contributed by atoms with Crippen molar-refractivity contribution in [2.75, 3.05) is 19.7 Å². The lowest BCUT2D eigenvalue weighted by Crippen LogP contribution is -2.48. The summed E-state index contributed by atoms with van der Waals surface area (Å²) in [6.45, 7) is 5.75. The quantitative estimate of drug-likeness (QED) is 0.508. The van der Waals surface area contributed by atoms with Crippen LogP contribution in [0.2, 0.25) is 0 Å². The summed E-state index contributed by atoms with van der Waals surface area (Å²) in [4.78, 5) is 38.6. The lowest BCUT2D eigenvalue weighted by Gasteiger charge is -2.27. The molecule has 1 unspecified atom stereocenters. The zero-order valence-electron chi connectivity index (χ0n) is 22.6. The molecule has 0 bridgehead atoms. The van der Waals surface area contributed by atoms with Gasteiger partial charge in [-0.05, 0) is 50.5 Å². The summed E-state index contributed by atoms with van der Waals surface area (Å²) in [5.74, 6) is -2.65. The standard InChI is InChI=1S/C28H30F2N4O6/c1-28(2,3)40-27(37)34-8-5-9-38-24(15-34)25(35)32-18(14-31)10-17-7-6-16(11-20(17)29)19-12-22-23(13-21(19)30)39-26(36)33(22)4/h6-7,11-13,18,24H,5,8-10,15H2,1-4H3,(H,32,35)/t18?,24-/m0/s1. The van der Waals surface area contributed by atoms with Crippen LogP contribution in [0, 0.1) is 23.0 Å². The number of hydrogen-bond donors (Lipinski definition) is 1. The molecule has 2 heterocycles. The molecule has 1 aliphatic heterocycles. The van der Waals surface area contributed by atoms with E-state index in [2.05, 4.69) is 5.32 Å². The van der Waals surface area contributed by atoms with Gasteiger partial charge in [0.2, 0.25) is 0 Å². The van der Waals surface area contributed by atoms with Crippen LogP contribution in [-0.4, -0.2) is 58.9 Å². The van der Waals surface area contributed by atoms with E-state index in [-0.39, 0.29) is 41.8 Å². The molecule has 1 aromatic heterocycles. The van der Waals surface area contributed by atoms with Crippen LogP contribution in [0.1, 0.15) is 32.8 Å². The van der Waals surface area contributed by atoms with Crippen LogP contribution in [0.15, 0.2) is 39.5 Å². The third-order valence-corrected chi connectivity index (χ3v) is 6.36. The smallest absolute Gasteiger partial charge is 0.419 e. The molecule has 2 amide bonds. The molecular weight excluding hydrogens is 526 g/mol. The summed E-state index contributed by atoms with van der Waals surface area (Å²) in [7, 11) is 1.48. The second-order valence-corrected chi connectivity index (χ2v) is 10.6. The van der Waals surface area contributed by atoms with Gasteiger partial charge in [-0.25, -0.2) is 18.4 Å². The Morgan fingerprint density at radius 1 is 1.23 bits per heavy atom. The highest BCUT2D eigenvalue weighted by molar-refractivity contribution is 5.83. The van der Waals surface area contributed by atoms with Gasteiger partial charge < -0.3 is 24.1 Å². The van der Waals surface area contributed by atoms with Crippen molar-refractivity contribution in [1.29, 1.82) is 5.26 Å². The summed E-state index contributed by atoms with van der Waals surface area (Å²) < 4.78 is 47.0. The van der Waals surface area contributed by atoms with E-state index in [1.54, 1.807) is 20.8 Å². The Hall–Kier alpha value is -4.24. The Balaban J connectivity index is 1.46. The van der Waals surface area contributed by atoms with E-state index in [0.717, 1.165) is 12.1 Å². The Morgan fingerprint density at radius 2 is 1.98 bits per heavy atom. The molecule has 2 aromatic carbocycles. The number of aryl methyl sites for hydroxylation is 1. The summed E-state index contributed by atoms with van der Waals surface area (Å²) in [6, 6.07) is 7.35. The zero-order chi connectivity index (χ0) is 29.2. The van der Waals surface area contributed by atoms with Crippen molar-refractivity contribution in [1.82, 2.24) is 14.8 Å². The minimum absolute atomic E-state index is 0.0554. The number of nitriles is 1. The van der Waals surface area contributed by atoms with Crippen LogP contribution in [0.3, 0.4) is 0 Å². The topological polar surface area (TPSA) is 127 Å². The van der Waals surface area contributed by atoms with Gasteiger partial charge in [0.1, 0.15) is 23.3 Å². The van der Waals surface area contributed by atoms with Gasteiger partial charge in [0.25, 0.3) is 5.91 Å². The Labute approximate surface area is 229 Å². The molecule has 10 nitrogen and oxygen atoms in total. The molecule has 1 N–H and O–H groups in total. The van der Waals surface area contributed by atoms with Crippen molar-refractivity contribution in [3.05, 3.63) is 58.1 Å². The number of nitrogens with one attached hydrogen (secondary N) is 1. The maximum atomic E-state index is 15.1. The van der Waals surface area contributed by atoms with Crippen LogP contribution in [0.5, 0.6) is 0 Å². The number of amides is 2. The normalized spacial score (nSPS) is 16.7. The molecule has 212 valence electrons. The molecule has 40 heavy (non-hydrogen) atoms. The van der Waals surface area contributed by atoms with E-state index in [9.17, 15) is 24.0 Å². The number of oxazole rings is 1. The molecule has 2 atom stereocenters. The average Bonchev–Trinajstić information content (AvgIpc) is 3.03. The average molecular weight is 557 g/mol. The fourth-order valence-electron chi connectivity index (χ4n) is 4.34. The van der Waals surface area contributed by atoms with Crippen molar-refractivity contribution in [2.45, 2.75) is 51.4 Å². The molecule has 3 aromatic rings. The maximum Gasteiger partial charge on any atom is 0.419 e. The molecule has 0 aliphatic carbocycles. The Kier molecular flexibility index (Phi) is 8.25. The van der Waals surface area contributed by atoms with Gasteiger partial charge in [-0.1, -0.05) is 12.1 Å². The second kappa shape index (κ2) is 11.5. The number of aromatic nitrogens is 1. The number of carbonyl (C=O) groups excluding carboxylic acids is 2. The lowest BCUT2D eigenvalue weighted by atomic mass is 9.99. The first-order valence-corrected chi connectivity index (χ1v) is 12.7. The second-order valence-electron chi connectivity index (χ2n) is 10.6. The fourth-order valence-corrected chi connectivity index (χ4v) is 4.34. The number of benzene rings is 2. The van der Waals surface area contributed by atoms with Crippen LogP contribution in [-0.2, 0) is 27.7 Å². The minimum Gasteiger partial charge on any atom is -0.444 e. The van der Waals surface area contributed by atoms with Gasteiger partial charge >= 0.3 is 11.8 Å². The molecular formula is C28H30F2N4O6. The predicted octanol–water partition coefficient (Wildman–Crippen LogP) is 3.65. The minimum atomic E-state index is -1.09. The third kappa shape index (κ3) is 6.48. The van der Waals surface area contributed by atoms with Gasteiger partial charge in [0.15, 0.2) is 11.7 Å². The maximum absolute atomic E-state index is 15.1. The highest BCUT2D eigenvalue weighted by atomic mass is 19.1. The highest BCUT2D eigenvalue weighted by Gasteiger charge is 2.31. The summed E-state index contributed by atoms with van der Waals surface area (Å²) in [5, 5.41) is 12.2. The summed E-state index contributed by atoms with van der Waals surface area (Å²) in [5.41, 5.74) is 0.142. The lowest BCUT2D eigenvalue weighted by molar-refractivity contribution is -0.133. The first-order chi connectivity index (χ1) is 18.9. The number of fused-ring (bicyclic) bond motifs is 1. The summed E-state index contributed by atoms with van der Waals surface area (Å²) >= 11 is 0. The van der Waals surface area contributed by atoms with Gasteiger partial charge in [0.05, 0.1) is 18.1 Å². The van der Waals surface area contributed by atoms with Crippen molar-refractivity contribution >= 4 is 23.1 Å². The number of hydrogen-bond acceptors (Lipinski definition) is 7. The van der Waals surface area contributed by atoms with E-state index >= 15 is 4.39 Å². The van der Waals surface area contributed by atoms with E-state index in [4.69, 9.17) is 13.9 Å². The number of rotatable bonds is 5. The fraction of sp³-hybridized carbons (Fsp3) is 0.429. The van der Waals surface area contributed by atoms with Crippen molar-refractivity contribution in [2.24, 2.45) is 7.05 Å². The van der Waals surface area contributed by atoms with Gasteiger partial charge in [-0.2, -0.15) is 5.26 Å². The van der Waals surface area contributed by atoms with Crippen molar-refractivity contribution in [3.63, 3.8) is 0 Å². The van der Waals surface area contributed by atoms with Crippen LogP contribution in [0.25, 0.3) is 22.2 Å². The SMILES string of the molecule is Cn1c(=O)oc2cc(F)c(-c3ccc(CC(C#N)NC(=O)[C@@H]4CN(C(=O)OC(C)(C)C)CCCO4)c(F)c3)cc21. The molecule has 1 saturated heterocycles. The number of ether oxygens (including phenoxy) is 2. The molecule has 0 spiro atoms. The van der Waals surface area contributed by atoms with Crippen molar-refractivity contribution < 1.29 is 32.3 Å². The van der Waals surface area contributed by atoms with E-state index in [0.29, 0.717) is 18.5 Å². The van der Waals surface area contributed by atoms with Crippen LogP contribution >= 0.6 is 0 Å². The highest BCUT2D eigenvalue weighted by Crippen LogP contribution is 2.29. The van der Waals surface area contributed by atoms with Gasteiger partial charge in [-0.3, -0.25) is 9.36 Å². The monoisotopic (exact) mass is 556 g/mol. The number of halogens is 2. The first kappa shape index (κ1) is 28.8. The van der Waals surface area contributed by atoms with E-state index in [1.165, 1.54) is 34.7 Å². The summed E-state index contributed by atoms with van der Waals surface area (Å²) in [6.07, 6.45) is -1.25. The van der Waals surface area contributed by atoms with E-state index in [1.807, 2.05) is 6.07 Å². The van der Waals surface area contributed by atoms with Gasteiger partial charge in [0, 0.05) is 38.2 Å². The molecule has 12 heteroatoms. The van der Waals surface area contributed by atoms with Gasteiger partial charge in [-0.15, -0.1) is 0 Å². The van der Waals surface area contributed by atoms with Crippen molar-refractivity contribution in [3.8, 4) is 17.2 Å². The zero-order valence-corrected chi connectivity index (χ0v) is 22.6. The van der Waals surface area contributed by atoms with E-state index < -0.39 is 47.1 Å². The van der Waals surface area contributed by atoms with Crippen LogP contribution in [0.4, 0.5) is 13.6 Å². The molecule has 4 rings (SSSR count). The van der Waals surface area contributed by atoms with Crippen LogP contribution < -0.4 is 11.1 Å². The molecule has 1 aliphatic rings. The Bertz CT molecular complexity index is 1530. The third-order valence-electron chi connectivity index (χ3n) is 6.36. The molecule has 0 saturated carbocycles. The molecule has 1 fully saturated rings. The first-order valence-electron chi connectivity index (χ1n) is 12.7. The number of nitrogens with zero attached hydrogens (tertiary/aromatic N) is 3. The predicted molar refractivity (Wildman–Crippen MR) is 140 cm³/mol. The Morgan fingerprint density at radius 3 is 2.65 bits per heavy atom. The molecule has 0 radical (unpaired) electrons.